The molecule has 0 aromatic carbocycles. The third-order valence-corrected chi connectivity index (χ3v) is 7.34. The van der Waals surface area contributed by atoms with E-state index in [1.54, 1.807) is 0 Å². The van der Waals surface area contributed by atoms with Crippen molar-refractivity contribution in [2.24, 2.45) is 11.1 Å². The van der Waals surface area contributed by atoms with Crippen molar-refractivity contribution < 1.29 is 9.63 Å². The van der Waals surface area contributed by atoms with E-state index in [0.717, 1.165) is 0 Å². The van der Waals surface area contributed by atoms with Gasteiger partial charge in [0.05, 0.1) is 0 Å². The average Bonchev–Trinajstić information content (AvgIpc) is 1.99. The van der Waals surface area contributed by atoms with E-state index in [4.69, 9.17) is 9.63 Å². The fourth-order valence-electron chi connectivity index (χ4n) is 0.713. The molecule has 0 aliphatic heterocycles. The Labute approximate surface area is 88.3 Å². The Morgan fingerprint density at radius 3 is 2.29 bits per heavy atom. The van der Waals surface area contributed by atoms with Gasteiger partial charge in [-0.3, -0.25) is 0 Å². The second-order valence-electron chi connectivity index (χ2n) is 5.31. The molecule has 0 heterocycles. The fraction of sp³-hybridized carbons (Fsp3) is 0.900. The van der Waals surface area contributed by atoms with Crippen molar-refractivity contribution in [1.29, 1.82) is 0 Å². The van der Waals surface area contributed by atoms with Crippen LogP contribution in [0.3, 0.4) is 0 Å². The number of rotatable bonds is 4. The largest absolute Gasteiger partial charge is 0.416 e. The monoisotopic (exact) mass is 217 g/mol. The molecular formula is C10H23NO2Si. The van der Waals surface area contributed by atoms with Gasteiger partial charge in [-0.15, -0.1) is 5.16 Å². The van der Waals surface area contributed by atoms with E-state index in [1.165, 1.54) is 6.21 Å². The highest BCUT2D eigenvalue weighted by atomic mass is 28.4. The van der Waals surface area contributed by atoms with Crippen LogP contribution in [0.5, 0.6) is 0 Å². The van der Waals surface area contributed by atoms with Crippen molar-refractivity contribution >= 4 is 14.5 Å². The maximum absolute atomic E-state index is 8.35. The van der Waals surface area contributed by atoms with E-state index in [2.05, 4.69) is 39.0 Å². The summed E-state index contributed by atoms with van der Waals surface area (Å²) in [5.74, 6) is 0.175. The van der Waals surface area contributed by atoms with Crippen LogP contribution in [0.1, 0.15) is 27.7 Å². The topological polar surface area (TPSA) is 41.8 Å². The summed E-state index contributed by atoms with van der Waals surface area (Å²) >= 11 is 0. The van der Waals surface area contributed by atoms with E-state index < -0.39 is 8.32 Å². The highest BCUT2D eigenvalue weighted by Gasteiger charge is 2.37. The summed E-state index contributed by atoms with van der Waals surface area (Å²) in [7, 11) is -1.64. The van der Waals surface area contributed by atoms with Crippen LogP contribution in [0.15, 0.2) is 5.16 Å². The molecule has 0 radical (unpaired) electrons. The first kappa shape index (κ1) is 13.6. The molecule has 0 amide bonds. The molecule has 0 unspecified atom stereocenters. The molecule has 0 aromatic rings. The molecule has 1 atom stereocenters. The van der Waals surface area contributed by atoms with Gasteiger partial charge in [0.2, 0.25) is 0 Å². The number of oxime groups is 1. The van der Waals surface area contributed by atoms with Gasteiger partial charge in [0.25, 0.3) is 0 Å². The van der Waals surface area contributed by atoms with Gasteiger partial charge in [0.1, 0.15) is 0 Å². The van der Waals surface area contributed by atoms with E-state index in [-0.39, 0.29) is 11.0 Å². The van der Waals surface area contributed by atoms with Crippen LogP contribution in [-0.4, -0.2) is 26.3 Å². The van der Waals surface area contributed by atoms with Crippen LogP contribution in [0.25, 0.3) is 0 Å². The van der Waals surface area contributed by atoms with Crippen LogP contribution in [0, 0.1) is 5.92 Å². The maximum atomic E-state index is 8.35. The SMILES string of the molecule is C[C@@H](/C=N/O)CO[Si](C)(C)C(C)(C)C. The lowest BCUT2D eigenvalue weighted by Gasteiger charge is -2.36. The third kappa shape index (κ3) is 4.24. The molecule has 0 saturated heterocycles. The Morgan fingerprint density at radius 2 is 1.93 bits per heavy atom. The van der Waals surface area contributed by atoms with Crippen molar-refractivity contribution in [1.82, 2.24) is 0 Å². The number of hydrogen-bond donors (Lipinski definition) is 1. The minimum Gasteiger partial charge on any atom is -0.416 e. The summed E-state index contributed by atoms with van der Waals surface area (Å²) in [4.78, 5) is 0. The smallest absolute Gasteiger partial charge is 0.192 e. The lowest BCUT2D eigenvalue weighted by molar-refractivity contribution is 0.262. The minimum absolute atomic E-state index is 0.175. The van der Waals surface area contributed by atoms with Gasteiger partial charge < -0.3 is 9.63 Å². The van der Waals surface area contributed by atoms with E-state index >= 15 is 0 Å². The Morgan fingerprint density at radius 1 is 1.43 bits per heavy atom. The Balaban J connectivity index is 4.12. The highest BCUT2D eigenvalue weighted by Crippen LogP contribution is 2.36. The lowest BCUT2D eigenvalue weighted by Crippen LogP contribution is -2.41. The predicted molar refractivity (Wildman–Crippen MR) is 62.6 cm³/mol. The molecule has 4 heteroatoms. The second-order valence-corrected chi connectivity index (χ2v) is 10.1. The van der Waals surface area contributed by atoms with Crippen molar-refractivity contribution in [3.63, 3.8) is 0 Å². The molecule has 0 bridgehead atoms. The molecule has 0 spiro atoms. The molecule has 0 aromatic heterocycles. The van der Waals surface area contributed by atoms with Crippen molar-refractivity contribution in [3.8, 4) is 0 Å². The van der Waals surface area contributed by atoms with Crippen LogP contribution >= 0.6 is 0 Å². The van der Waals surface area contributed by atoms with Gasteiger partial charge in [0, 0.05) is 18.7 Å². The summed E-state index contributed by atoms with van der Waals surface area (Å²) in [6.45, 7) is 13.7. The molecule has 14 heavy (non-hydrogen) atoms. The van der Waals surface area contributed by atoms with Crippen LogP contribution < -0.4 is 0 Å². The van der Waals surface area contributed by atoms with E-state index in [1.807, 2.05) is 6.92 Å². The normalized spacial score (nSPS) is 16.1. The first-order chi connectivity index (χ1) is 6.20. The summed E-state index contributed by atoms with van der Waals surface area (Å²) in [6.07, 6.45) is 1.51. The molecule has 84 valence electrons. The quantitative estimate of drug-likeness (QED) is 0.340. The maximum Gasteiger partial charge on any atom is 0.192 e. The van der Waals surface area contributed by atoms with Crippen molar-refractivity contribution in [3.05, 3.63) is 0 Å². The predicted octanol–water partition coefficient (Wildman–Crippen LogP) is 3.10. The van der Waals surface area contributed by atoms with Crippen LogP contribution in [0.4, 0.5) is 0 Å². The van der Waals surface area contributed by atoms with Crippen LogP contribution in [-0.2, 0) is 4.43 Å². The molecule has 0 saturated carbocycles. The lowest BCUT2D eigenvalue weighted by atomic mass is 10.2. The fourth-order valence-corrected chi connectivity index (χ4v) is 1.83. The molecule has 0 rings (SSSR count). The summed E-state index contributed by atoms with van der Waals surface area (Å²) in [5.41, 5.74) is 0. The Bertz CT molecular complexity index is 197. The Kier molecular flexibility index (Phi) is 4.81. The summed E-state index contributed by atoms with van der Waals surface area (Å²) in [6, 6.07) is 0. The molecule has 0 aliphatic rings. The van der Waals surface area contributed by atoms with Crippen molar-refractivity contribution in [2.45, 2.75) is 45.8 Å². The first-order valence-corrected chi connectivity index (χ1v) is 7.93. The second kappa shape index (κ2) is 4.93. The van der Waals surface area contributed by atoms with Crippen LogP contribution in [0.2, 0.25) is 18.1 Å². The van der Waals surface area contributed by atoms with Crippen molar-refractivity contribution in [2.75, 3.05) is 6.61 Å². The standard InChI is InChI=1S/C10H23NO2Si/c1-9(7-11-12)8-13-14(5,6)10(2,3)4/h7,9,12H,8H2,1-6H3/b11-7+/t9-/m0/s1. The molecule has 1 N–H and O–H groups in total. The van der Waals surface area contributed by atoms with Gasteiger partial charge >= 0.3 is 0 Å². The zero-order valence-electron chi connectivity index (χ0n) is 10.2. The van der Waals surface area contributed by atoms with Gasteiger partial charge in [0.15, 0.2) is 8.32 Å². The average molecular weight is 217 g/mol. The van der Waals surface area contributed by atoms with E-state index in [0.29, 0.717) is 6.61 Å². The molecule has 0 fully saturated rings. The molecule has 3 nitrogen and oxygen atoms in total. The number of hydrogen-bond acceptors (Lipinski definition) is 3. The Hall–Kier alpha value is -0.353. The molecular weight excluding hydrogens is 194 g/mol. The summed E-state index contributed by atoms with van der Waals surface area (Å²) < 4.78 is 5.94. The molecule has 0 aliphatic carbocycles. The minimum atomic E-state index is -1.64. The first-order valence-electron chi connectivity index (χ1n) is 5.02. The van der Waals surface area contributed by atoms with Gasteiger partial charge in [-0.1, -0.05) is 27.7 Å². The summed E-state index contributed by atoms with van der Waals surface area (Å²) in [5, 5.41) is 11.6. The highest BCUT2D eigenvalue weighted by molar-refractivity contribution is 6.74. The van der Waals surface area contributed by atoms with Gasteiger partial charge in [-0.2, -0.15) is 0 Å². The van der Waals surface area contributed by atoms with E-state index in [9.17, 15) is 0 Å². The zero-order valence-corrected chi connectivity index (χ0v) is 11.2. The number of nitrogens with zero attached hydrogens (tertiary/aromatic N) is 1. The van der Waals surface area contributed by atoms with Gasteiger partial charge in [-0.05, 0) is 18.1 Å². The third-order valence-electron chi connectivity index (χ3n) is 2.83. The zero-order chi connectivity index (χ0) is 11.4. The van der Waals surface area contributed by atoms with Gasteiger partial charge in [-0.25, -0.2) is 0 Å².